The first kappa shape index (κ1) is 16.4. The molecule has 2 rings (SSSR count). The van der Waals surface area contributed by atoms with E-state index in [-0.39, 0.29) is 10.3 Å². The monoisotopic (exact) mass is 314 g/mol. The van der Waals surface area contributed by atoms with Gasteiger partial charge in [0.1, 0.15) is 10.7 Å². The molecule has 6 heteroatoms. The van der Waals surface area contributed by atoms with E-state index >= 15 is 0 Å². The molecule has 0 heterocycles. The Kier molecular flexibility index (Phi) is 5.01. The Morgan fingerprint density at radius 2 is 2.05 bits per heavy atom. The molecule has 0 bridgehead atoms. The second-order valence-electron chi connectivity index (χ2n) is 6.08. The number of nitrogens with one attached hydrogen (secondary N) is 2. The van der Waals surface area contributed by atoms with Crippen LogP contribution in [0, 0.1) is 11.2 Å². The van der Waals surface area contributed by atoms with Gasteiger partial charge in [-0.2, -0.15) is 0 Å². The molecule has 1 aromatic rings. The maximum atomic E-state index is 14.0. The first-order chi connectivity index (χ1) is 9.86. The minimum Gasteiger partial charge on any atom is -0.313 e. The number of hydrogen-bond donors (Lipinski definition) is 2. The Balaban J connectivity index is 2.04. The van der Waals surface area contributed by atoms with Crippen LogP contribution in [0.5, 0.6) is 0 Å². The summed E-state index contributed by atoms with van der Waals surface area (Å²) in [6.07, 6.45) is 3.03. The van der Waals surface area contributed by atoms with Gasteiger partial charge in [0.15, 0.2) is 0 Å². The van der Waals surface area contributed by atoms with Gasteiger partial charge >= 0.3 is 0 Å². The van der Waals surface area contributed by atoms with Crippen molar-refractivity contribution in [1.29, 1.82) is 0 Å². The van der Waals surface area contributed by atoms with E-state index in [4.69, 9.17) is 0 Å². The molecule has 1 fully saturated rings. The molecule has 0 saturated heterocycles. The van der Waals surface area contributed by atoms with E-state index < -0.39 is 15.8 Å². The van der Waals surface area contributed by atoms with Crippen molar-refractivity contribution >= 4 is 10.0 Å². The Morgan fingerprint density at radius 3 is 2.62 bits per heavy atom. The third-order valence-corrected chi connectivity index (χ3v) is 5.27. The summed E-state index contributed by atoms with van der Waals surface area (Å²) in [6, 6.07) is 4.28. The molecule has 21 heavy (non-hydrogen) atoms. The smallest absolute Gasteiger partial charge is 0.243 e. The summed E-state index contributed by atoms with van der Waals surface area (Å²) in [5.74, 6) is -0.695. The van der Waals surface area contributed by atoms with Crippen LogP contribution in [0.25, 0.3) is 0 Å². The molecule has 1 saturated carbocycles. The lowest BCUT2D eigenvalue weighted by Gasteiger charge is -2.12. The standard InChI is InChI=1S/C15H23FN2O2S/c1-3-8-17-10-12-4-5-14(13(16)9-12)21(19,20)18-11-15(2)6-7-15/h4-5,9,17-18H,3,6-8,10-11H2,1-2H3. The third kappa shape index (κ3) is 4.49. The summed E-state index contributed by atoms with van der Waals surface area (Å²) in [5.41, 5.74) is 0.794. The van der Waals surface area contributed by atoms with Gasteiger partial charge in [-0.1, -0.05) is 19.9 Å². The van der Waals surface area contributed by atoms with E-state index in [9.17, 15) is 12.8 Å². The third-order valence-electron chi connectivity index (χ3n) is 3.83. The van der Waals surface area contributed by atoms with Gasteiger partial charge in [0.05, 0.1) is 0 Å². The highest BCUT2D eigenvalue weighted by molar-refractivity contribution is 7.89. The van der Waals surface area contributed by atoms with Gasteiger partial charge in [-0.05, 0) is 48.9 Å². The largest absolute Gasteiger partial charge is 0.313 e. The van der Waals surface area contributed by atoms with Crippen molar-refractivity contribution in [2.24, 2.45) is 5.41 Å². The molecule has 0 aromatic heterocycles. The van der Waals surface area contributed by atoms with Gasteiger partial charge in [0.25, 0.3) is 0 Å². The Hall–Kier alpha value is -0.980. The molecule has 1 aromatic carbocycles. The van der Waals surface area contributed by atoms with Crippen LogP contribution in [0.3, 0.4) is 0 Å². The van der Waals surface area contributed by atoms with E-state index in [1.165, 1.54) is 12.1 Å². The molecule has 1 aliphatic carbocycles. The van der Waals surface area contributed by atoms with Crippen molar-refractivity contribution in [3.63, 3.8) is 0 Å². The predicted molar refractivity (Wildman–Crippen MR) is 80.9 cm³/mol. The maximum absolute atomic E-state index is 14.0. The van der Waals surface area contributed by atoms with Crippen LogP contribution in [0.4, 0.5) is 4.39 Å². The summed E-state index contributed by atoms with van der Waals surface area (Å²) in [6.45, 7) is 5.83. The van der Waals surface area contributed by atoms with Gasteiger partial charge in [-0.15, -0.1) is 0 Å². The summed E-state index contributed by atoms with van der Waals surface area (Å²) in [5, 5.41) is 3.16. The van der Waals surface area contributed by atoms with Crippen molar-refractivity contribution in [2.75, 3.05) is 13.1 Å². The number of halogens is 1. The van der Waals surface area contributed by atoms with E-state index in [2.05, 4.69) is 17.0 Å². The Labute approximate surface area is 126 Å². The van der Waals surface area contributed by atoms with Crippen molar-refractivity contribution in [3.8, 4) is 0 Å². The Morgan fingerprint density at radius 1 is 1.33 bits per heavy atom. The number of rotatable bonds is 8. The van der Waals surface area contributed by atoms with Crippen LogP contribution in [0.15, 0.2) is 23.1 Å². The molecule has 0 spiro atoms. The molecule has 0 unspecified atom stereocenters. The van der Waals surface area contributed by atoms with Gasteiger partial charge in [0, 0.05) is 13.1 Å². The Bertz CT molecular complexity index is 598. The van der Waals surface area contributed by atoms with Crippen LogP contribution in [-0.2, 0) is 16.6 Å². The summed E-state index contributed by atoms with van der Waals surface area (Å²) in [4.78, 5) is -0.272. The van der Waals surface area contributed by atoms with Crippen LogP contribution >= 0.6 is 0 Å². The second-order valence-corrected chi connectivity index (χ2v) is 7.81. The predicted octanol–water partition coefficient (Wildman–Crippen LogP) is 2.40. The van der Waals surface area contributed by atoms with Crippen LogP contribution < -0.4 is 10.0 Å². The van der Waals surface area contributed by atoms with Crippen LogP contribution in [0.2, 0.25) is 0 Å². The van der Waals surface area contributed by atoms with E-state index in [0.717, 1.165) is 31.4 Å². The molecular formula is C15H23FN2O2S. The minimum absolute atomic E-state index is 0.0492. The van der Waals surface area contributed by atoms with E-state index in [1.54, 1.807) is 6.07 Å². The van der Waals surface area contributed by atoms with Crippen LogP contribution in [0.1, 0.15) is 38.7 Å². The molecule has 0 radical (unpaired) electrons. The fourth-order valence-corrected chi connectivity index (χ4v) is 3.28. The molecular weight excluding hydrogens is 291 g/mol. The first-order valence-corrected chi connectivity index (χ1v) is 8.83. The normalized spacial score (nSPS) is 16.9. The highest BCUT2D eigenvalue weighted by Gasteiger charge is 2.38. The molecule has 1 aliphatic rings. The highest BCUT2D eigenvalue weighted by atomic mass is 32.2. The molecule has 118 valence electrons. The average molecular weight is 314 g/mol. The first-order valence-electron chi connectivity index (χ1n) is 7.35. The summed E-state index contributed by atoms with van der Waals surface area (Å²) >= 11 is 0. The SMILES string of the molecule is CCCNCc1ccc(S(=O)(=O)NCC2(C)CC2)c(F)c1. The minimum atomic E-state index is -3.77. The quantitative estimate of drug-likeness (QED) is 0.725. The van der Waals surface area contributed by atoms with Gasteiger partial charge < -0.3 is 5.32 Å². The lowest BCUT2D eigenvalue weighted by Crippen LogP contribution is -2.29. The topological polar surface area (TPSA) is 58.2 Å². The van der Waals surface area contributed by atoms with E-state index in [1.807, 2.05) is 6.92 Å². The lowest BCUT2D eigenvalue weighted by molar-refractivity contribution is 0.521. The molecule has 0 amide bonds. The average Bonchev–Trinajstić information content (AvgIpc) is 3.16. The summed E-state index contributed by atoms with van der Waals surface area (Å²) in [7, 11) is -3.77. The number of sulfonamides is 1. The maximum Gasteiger partial charge on any atom is 0.243 e. The fraction of sp³-hybridized carbons (Fsp3) is 0.600. The molecule has 4 nitrogen and oxygen atoms in total. The lowest BCUT2D eigenvalue weighted by atomic mass is 10.2. The number of benzene rings is 1. The zero-order valence-electron chi connectivity index (χ0n) is 12.6. The van der Waals surface area contributed by atoms with Crippen molar-refractivity contribution in [2.45, 2.75) is 44.6 Å². The highest BCUT2D eigenvalue weighted by Crippen LogP contribution is 2.44. The molecule has 0 atom stereocenters. The zero-order valence-corrected chi connectivity index (χ0v) is 13.4. The van der Waals surface area contributed by atoms with Gasteiger partial charge in [-0.25, -0.2) is 17.5 Å². The second kappa shape index (κ2) is 6.42. The van der Waals surface area contributed by atoms with Gasteiger partial charge in [-0.3, -0.25) is 0 Å². The fourth-order valence-electron chi connectivity index (χ4n) is 2.02. The van der Waals surface area contributed by atoms with Crippen LogP contribution in [-0.4, -0.2) is 21.5 Å². The van der Waals surface area contributed by atoms with Crippen molar-refractivity contribution in [1.82, 2.24) is 10.0 Å². The molecule has 2 N–H and O–H groups in total. The van der Waals surface area contributed by atoms with Crippen molar-refractivity contribution < 1.29 is 12.8 Å². The van der Waals surface area contributed by atoms with Crippen molar-refractivity contribution in [3.05, 3.63) is 29.6 Å². The zero-order chi connectivity index (χ0) is 15.5. The number of hydrogen-bond acceptors (Lipinski definition) is 3. The van der Waals surface area contributed by atoms with Gasteiger partial charge in [0.2, 0.25) is 10.0 Å². The summed E-state index contributed by atoms with van der Waals surface area (Å²) < 4.78 is 40.8. The van der Waals surface area contributed by atoms with E-state index in [0.29, 0.717) is 13.1 Å². The molecule has 0 aliphatic heterocycles.